The van der Waals surface area contributed by atoms with Crippen LogP contribution < -0.4 is 4.74 Å². The Bertz CT molecular complexity index is 578. The molecule has 0 aliphatic heterocycles. The fourth-order valence-corrected chi connectivity index (χ4v) is 2.51. The van der Waals surface area contributed by atoms with Gasteiger partial charge in [0.25, 0.3) is 0 Å². The standard InChI is InChI=1S/C14H15NO2/c1-17-9-6-7-11-13(8-9)15-12-5-3-2-4-10(12)14(11)16/h6-8H,2-5H2,1H3,(H,15,16). The monoisotopic (exact) mass is 229 g/mol. The van der Waals surface area contributed by atoms with Gasteiger partial charge in [-0.15, -0.1) is 0 Å². The molecule has 1 heterocycles. The molecular weight excluding hydrogens is 214 g/mol. The maximum atomic E-state index is 10.3. The zero-order valence-corrected chi connectivity index (χ0v) is 9.86. The molecule has 3 nitrogen and oxygen atoms in total. The van der Waals surface area contributed by atoms with E-state index in [1.807, 2.05) is 18.2 Å². The van der Waals surface area contributed by atoms with Gasteiger partial charge in [-0.1, -0.05) is 0 Å². The van der Waals surface area contributed by atoms with Crippen molar-refractivity contribution in [2.75, 3.05) is 7.11 Å². The van der Waals surface area contributed by atoms with E-state index in [1.54, 1.807) is 7.11 Å². The Morgan fingerprint density at radius 2 is 2.06 bits per heavy atom. The smallest absolute Gasteiger partial charge is 0.129 e. The Labute approximate surface area is 100 Å². The van der Waals surface area contributed by atoms with Crippen LogP contribution >= 0.6 is 0 Å². The number of aromatic hydroxyl groups is 1. The average molecular weight is 229 g/mol. The summed E-state index contributed by atoms with van der Waals surface area (Å²) in [6, 6.07) is 5.62. The van der Waals surface area contributed by atoms with Crippen molar-refractivity contribution in [1.29, 1.82) is 0 Å². The molecule has 0 saturated carbocycles. The average Bonchev–Trinajstić information content (AvgIpc) is 2.38. The van der Waals surface area contributed by atoms with Gasteiger partial charge in [-0.2, -0.15) is 0 Å². The van der Waals surface area contributed by atoms with Crippen molar-refractivity contribution < 1.29 is 9.84 Å². The first-order valence-electron chi connectivity index (χ1n) is 5.98. The molecule has 1 aliphatic rings. The predicted octanol–water partition coefficient (Wildman–Crippen LogP) is 2.83. The molecule has 0 amide bonds. The van der Waals surface area contributed by atoms with Gasteiger partial charge in [-0.05, 0) is 37.8 Å². The van der Waals surface area contributed by atoms with Gasteiger partial charge in [0.15, 0.2) is 0 Å². The van der Waals surface area contributed by atoms with Gasteiger partial charge in [-0.25, -0.2) is 0 Å². The Morgan fingerprint density at radius 1 is 1.24 bits per heavy atom. The molecule has 1 aromatic heterocycles. The second-order valence-corrected chi connectivity index (χ2v) is 4.48. The second kappa shape index (κ2) is 3.91. The number of aryl methyl sites for hydroxylation is 1. The third-order valence-corrected chi connectivity index (χ3v) is 3.44. The number of nitrogens with zero attached hydrogens (tertiary/aromatic N) is 1. The number of aromatic nitrogens is 1. The van der Waals surface area contributed by atoms with Crippen molar-refractivity contribution in [2.45, 2.75) is 25.7 Å². The Hall–Kier alpha value is -1.77. The van der Waals surface area contributed by atoms with E-state index < -0.39 is 0 Å². The van der Waals surface area contributed by atoms with Crippen molar-refractivity contribution in [3.05, 3.63) is 29.5 Å². The summed E-state index contributed by atoms with van der Waals surface area (Å²) in [5.74, 6) is 1.19. The molecule has 1 aliphatic carbocycles. The molecule has 0 spiro atoms. The molecule has 3 rings (SSSR count). The van der Waals surface area contributed by atoms with Crippen LogP contribution in [0, 0.1) is 0 Å². The zero-order chi connectivity index (χ0) is 11.8. The quantitative estimate of drug-likeness (QED) is 0.817. The lowest BCUT2D eigenvalue weighted by atomic mass is 9.93. The minimum Gasteiger partial charge on any atom is -0.507 e. The zero-order valence-electron chi connectivity index (χ0n) is 9.86. The highest BCUT2D eigenvalue weighted by atomic mass is 16.5. The first kappa shape index (κ1) is 10.4. The molecule has 0 saturated heterocycles. The highest BCUT2D eigenvalue weighted by Gasteiger charge is 2.17. The lowest BCUT2D eigenvalue weighted by molar-refractivity contribution is 0.415. The first-order chi connectivity index (χ1) is 8.29. The van der Waals surface area contributed by atoms with E-state index in [-0.39, 0.29) is 0 Å². The summed E-state index contributed by atoms with van der Waals surface area (Å²) >= 11 is 0. The van der Waals surface area contributed by atoms with E-state index in [1.165, 1.54) is 0 Å². The normalized spacial score (nSPS) is 14.6. The molecule has 0 atom stereocenters. The number of benzene rings is 1. The van der Waals surface area contributed by atoms with E-state index in [0.717, 1.165) is 53.6 Å². The van der Waals surface area contributed by atoms with Crippen LogP contribution in [-0.4, -0.2) is 17.2 Å². The van der Waals surface area contributed by atoms with Crippen LogP contribution in [0.5, 0.6) is 11.5 Å². The minimum atomic E-state index is 0.410. The predicted molar refractivity (Wildman–Crippen MR) is 66.6 cm³/mol. The molecular formula is C14H15NO2. The molecule has 0 bridgehead atoms. The Kier molecular flexibility index (Phi) is 2.39. The molecule has 0 unspecified atom stereocenters. The highest BCUT2D eigenvalue weighted by Crippen LogP contribution is 2.35. The van der Waals surface area contributed by atoms with Crippen molar-refractivity contribution >= 4 is 10.9 Å². The van der Waals surface area contributed by atoms with Crippen LogP contribution in [0.2, 0.25) is 0 Å². The molecule has 17 heavy (non-hydrogen) atoms. The van der Waals surface area contributed by atoms with Crippen LogP contribution in [0.3, 0.4) is 0 Å². The van der Waals surface area contributed by atoms with Gasteiger partial charge in [0.2, 0.25) is 0 Å². The minimum absolute atomic E-state index is 0.410. The maximum absolute atomic E-state index is 10.3. The summed E-state index contributed by atoms with van der Waals surface area (Å²) in [6.07, 6.45) is 4.21. The number of hydrogen-bond acceptors (Lipinski definition) is 3. The van der Waals surface area contributed by atoms with Crippen molar-refractivity contribution in [2.24, 2.45) is 0 Å². The van der Waals surface area contributed by atoms with E-state index in [2.05, 4.69) is 4.98 Å². The van der Waals surface area contributed by atoms with Gasteiger partial charge in [0.1, 0.15) is 11.5 Å². The van der Waals surface area contributed by atoms with Crippen LogP contribution in [0.15, 0.2) is 18.2 Å². The van der Waals surface area contributed by atoms with Crippen molar-refractivity contribution in [1.82, 2.24) is 4.98 Å². The van der Waals surface area contributed by atoms with Crippen LogP contribution in [0.25, 0.3) is 10.9 Å². The third kappa shape index (κ3) is 1.62. The van der Waals surface area contributed by atoms with E-state index in [4.69, 9.17) is 4.74 Å². The molecule has 0 fully saturated rings. The summed E-state index contributed by atoms with van der Waals surface area (Å²) in [5, 5.41) is 11.1. The highest BCUT2D eigenvalue weighted by molar-refractivity contribution is 5.87. The number of ether oxygens (including phenoxy) is 1. The fraction of sp³-hybridized carbons (Fsp3) is 0.357. The number of hydrogen-bond donors (Lipinski definition) is 1. The lowest BCUT2D eigenvalue weighted by Gasteiger charge is -2.17. The molecule has 3 heteroatoms. The number of fused-ring (bicyclic) bond motifs is 2. The van der Waals surface area contributed by atoms with E-state index in [9.17, 15) is 5.11 Å². The van der Waals surface area contributed by atoms with Gasteiger partial charge >= 0.3 is 0 Å². The Morgan fingerprint density at radius 3 is 2.88 bits per heavy atom. The number of pyridine rings is 1. The number of methoxy groups -OCH3 is 1. The maximum Gasteiger partial charge on any atom is 0.129 e. The summed E-state index contributed by atoms with van der Waals surface area (Å²) < 4.78 is 5.18. The molecule has 1 aromatic carbocycles. The SMILES string of the molecule is COc1ccc2c(O)c3c(nc2c1)CCCC3. The molecule has 0 radical (unpaired) electrons. The van der Waals surface area contributed by atoms with Crippen molar-refractivity contribution in [3.63, 3.8) is 0 Å². The van der Waals surface area contributed by atoms with Gasteiger partial charge in [0.05, 0.1) is 12.6 Å². The summed E-state index contributed by atoms with van der Waals surface area (Å²) in [6.45, 7) is 0. The topological polar surface area (TPSA) is 42.4 Å². The third-order valence-electron chi connectivity index (χ3n) is 3.44. The summed E-state index contributed by atoms with van der Waals surface area (Å²) in [4.78, 5) is 4.65. The Balaban J connectivity index is 2.28. The van der Waals surface area contributed by atoms with Crippen molar-refractivity contribution in [3.8, 4) is 11.5 Å². The van der Waals surface area contributed by atoms with Crippen LogP contribution in [0.1, 0.15) is 24.1 Å². The van der Waals surface area contributed by atoms with E-state index >= 15 is 0 Å². The molecule has 2 aromatic rings. The van der Waals surface area contributed by atoms with Gasteiger partial charge < -0.3 is 9.84 Å². The van der Waals surface area contributed by atoms with E-state index in [0.29, 0.717) is 5.75 Å². The van der Waals surface area contributed by atoms with Gasteiger partial charge in [0, 0.05) is 22.7 Å². The lowest BCUT2D eigenvalue weighted by Crippen LogP contribution is -2.06. The fourth-order valence-electron chi connectivity index (χ4n) is 2.51. The van der Waals surface area contributed by atoms with Crippen LogP contribution in [-0.2, 0) is 12.8 Å². The molecule has 1 N–H and O–H groups in total. The number of rotatable bonds is 1. The van der Waals surface area contributed by atoms with Crippen LogP contribution in [0.4, 0.5) is 0 Å². The summed E-state index contributed by atoms with van der Waals surface area (Å²) in [7, 11) is 1.64. The molecule has 88 valence electrons. The van der Waals surface area contributed by atoms with Gasteiger partial charge in [-0.3, -0.25) is 4.98 Å². The largest absolute Gasteiger partial charge is 0.507 e. The summed E-state index contributed by atoms with van der Waals surface area (Å²) in [5.41, 5.74) is 2.91. The second-order valence-electron chi connectivity index (χ2n) is 4.48. The first-order valence-corrected chi connectivity index (χ1v) is 5.98.